The summed E-state index contributed by atoms with van der Waals surface area (Å²) in [7, 11) is 0. The Morgan fingerprint density at radius 1 is 1.64 bits per heavy atom. The Hall–Kier alpha value is -1.85. The third kappa shape index (κ3) is 1.46. The van der Waals surface area contributed by atoms with Crippen LogP contribution in [0.1, 0.15) is 11.7 Å². The Morgan fingerprint density at radius 2 is 2.43 bits per heavy atom. The van der Waals surface area contributed by atoms with E-state index in [4.69, 9.17) is 4.42 Å². The number of oxazole rings is 1. The molecule has 6 heteroatoms. The van der Waals surface area contributed by atoms with Crippen LogP contribution in [0.5, 0.6) is 0 Å². The van der Waals surface area contributed by atoms with Crippen LogP contribution in [0.3, 0.4) is 0 Å². The average Bonchev–Trinajstić information content (AvgIpc) is 2.67. The monoisotopic (exact) mass is 195 g/mol. The van der Waals surface area contributed by atoms with Crippen molar-refractivity contribution in [1.82, 2.24) is 15.2 Å². The lowest BCUT2D eigenvalue weighted by molar-refractivity contribution is -0.125. The molecule has 0 saturated carbocycles. The van der Waals surface area contributed by atoms with Gasteiger partial charge in [-0.15, -0.1) is 0 Å². The van der Waals surface area contributed by atoms with Gasteiger partial charge in [-0.25, -0.2) is 9.78 Å². The highest BCUT2D eigenvalue weighted by Crippen LogP contribution is 2.08. The zero-order valence-corrected chi connectivity index (χ0v) is 7.61. The van der Waals surface area contributed by atoms with Crippen molar-refractivity contribution < 1.29 is 14.0 Å². The molecule has 1 fully saturated rings. The fourth-order valence-electron chi connectivity index (χ4n) is 1.23. The number of imide groups is 1. The standard InChI is InChI=1S/C8H9N3O3/c1-5-2-9-6(14-5)4-11-7(12)3-10-8(11)13/h2H,3-4H2,1H3,(H,10,13). The molecule has 1 saturated heterocycles. The van der Waals surface area contributed by atoms with Gasteiger partial charge in [0.15, 0.2) is 0 Å². The molecule has 0 spiro atoms. The molecule has 1 N–H and O–H groups in total. The van der Waals surface area contributed by atoms with Gasteiger partial charge in [0.05, 0.1) is 12.7 Å². The molecule has 1 aliphatic heterocycles. The summed E-state index contributed by atoms with van der Waals surface area (Å²) < 4.78 is 5.16. The lowest BCUT2D eigenvalue weighted by Gasteiger charge is -2.08. The van der Waals surface area contributed by atoms with Crippen LogP contribution in [0.25, 0.3) is 0 Å². The van der Waals surface area contributed by atoms with Crippen LogP contribution in [0, 0.1) is 6.92 Å². The zero-order valence-electron chi connectivity index (χ0n) is 7.61. The summed E-state index contributed by atoms with van der Waals surface area (Å²) in [5.74, 6) is 0.769. The molecule has 14 heavy (non-hydrogen) atoms. The fraction of sp³-hybridized carbons (Fsp3) is 0.375. The Bertz CT molecular complexity index is 369. The van der Waals surface area contributed by atoms with Crippen molar-refractivity contribution in [3.63, 3.8) is 0 Å². The molecular formula is C8H9N3O3. The molecular weight excluding hydrogens is 186 g/mol. The van der Waals surface area contributed by atoms with E-state index in [1.807, 2.05) is 0 Å². The van der Waals surface area contributed by atoms with Crippen LogP contribution < -0.4 is 5.32 Å². The highest BCUT2D eigenvalue weighted by atomic mass is 16.4. The van der Waals surface area contributed by atoms with Crippen LogP contribution in [-0.4, -0.2) is 28.4 Å². The molecule has 0 atom stereocenters. The first kappa shape index (κ1) is 8.74. The predicted octanol–water partition coefficient (Wildman–Crippen LogP) is 0.0348. The number of rotatable bonds is 2. The largest absolute Gasteiger partial charge is 0.444 e. The Kier molecular flexibility index (Phi) is 1.95. The van der Waals surface area contributed by atoms with Gasteiger partial charge in [0.25, 0.3) is 5.91 Å². The van der Waals surface area contributed by atoms with Crippen LogP contribution in [0.4, 0.5) is 4.79 Å². The SMILES string of the molecule is Cc1cnc(CN2C(=O)CNC2=O)o1. The second kappa shape index (κ2) is 3.13. The van der Waals surface area contributed by atoms with Crippen molar-refractivity contribution >= 4 is 11.9 Å². The number of hydrogen-bond donors (Lipinski definition) is 1. The lowest BCUT2D eigenvalue weighted by atomic mass is 10.5. The summed E-state index contributed by atoms with van der Waals surface area (Å²) in [6.07, 6.45) is 1.55. The molecule has 1 aliphatic rings. The van der Waals surface area contributed by atoms with E-state index in [1.165, 1.54) is 0 Å². The quantitative estimate of drug-likeness (QED) is 0.676. The van der Waals surface area contributed by atoms with Crippen molar-refractivity contribution in [2.45, 2.75) is 13.5 Å². The van der Waals surface area contributed by atoms with Crippen molar-refractivity contribution in [3.05, 3.63) is 17.8 Å². The van der Waals surface area contributed by atoms with Gasteiger partial charge in [0.2, 0.25) is 5.89 Å². The van der Waals surface area contributed by atoms with Crippen molar-refractivity contribution in [1.29, 1.82) is 0 Å². The van der Waals surface area contributed by atoms with Crippen LogP contribution in [0.15, 0.2) is 10.6 Å². The van der Waals surface area contributed by atoms with Gasteiger partial charge in [-0.1, -0.05) is 0 Å². The van der Waals surface area contributed by atoms with E-state index >= 15 is 0 Å². The van der Waals surface area contributed by atoms with E-state index in [1.54, 1.807) is 13.1 Å². The number of nitrogens with one attached hydrogen (secondary N) is 1. The molecule has 2 heterocycles. The number of amides is 3. The number of aryl methyl sites for hydroxylation is 1. The van der Waals surface area contributed by atoms with Gasteiger partial charge in [0, 0.05) is 0 Å². The summed E-state index contributed by atoms with van der Waals surface area (Å²) in [5.41, 5.74) is 0. The first-order chi connectivity index (χ1) is 6.66. The second-order valence-corrected chi connectivity index (χ2v) is 3.00. The Balaban J connectivity index is 2.10. The number of aromatic nitrogens is 1. The molecule has 1 aromatic heterocycles. The van der Waals surface area contributed by atoms with Gasteiger partial charge in [-0.2, -0.15) is 0 Å². The van der Waals surface area contributed by atoms with E-state index in [9.17, 15) is 9.59 Å². The second-order valence-electron chi connectivity index (χ2n) is 3.00. The topological polar surface area (TPSA) is 75.4 Å². The average molecular weight is 195 g/mol. The molecule has 3 amide bonds. The number of carbonyl (C=O) groups is 2. The summed E-state index contributed by atoms with van der Waals surface area (Å²) in [6.45, 7) is 1.90. The van der Waals surface area contributed by atoms with Gasteiger partial charge >= 0.3 is 6.03 Å². The van der Waals surface area contributed by atoms with Gasteiger partial charge in [-0.3, -0.25) is 9.69 Å². The molecule has 0 aromatic carbocycles. The smallest absolute Gasteiger partial charge is 0.325 e. The van der Waals surface area contributed by atoms with Gasteiger partial charge in [-0.05, 0) is 6.92 Å². The van der Waals surface area contributed by atoms with Crippen molar-refractivity contribution in [3.8, 4) is 0 Å². The highest BCUT2D eigenvalue weighted by molar-refractivity contribution is 6.01. The fourth-order valence-corrected chi connectivity index (χ4v) is 1.23. The van der Waals surface area contributed by atoms with Crippen LogP contribution >= 0.6 is 0 Å². The minimum Gasteiger partial charge on any atom is -0.444 e. The first-order valence-electron chi connectivity index (χ1n) is 4.16. The minimum absolute atomic E-state index is 0.0541. The number of carbonyl (C=O) groups excluding carboxylic acids is 2. The van der Waals surface area contributed by atoms with E-state index in [-0.39, 0.29) is 19.0 Å². The Labute approximate surface area is 79.9 Å². The summed E-state index contributed by atoms with van der Waals surface area (Å²) in [6, 6.07) is -0.397. The summed E-state index contributed by atoms with van der Waals surface area (Å²) >= 11 is 0. The van der Waals surface area contributed by atoms with E-state index < -0.39 is 6.03 Å². The van der Waals surface area contributed by atoms with Crippen LogP contribution in [-0.2, 0) is 11.3 Å². The molecule has 0 unspecified atom stereocenters. The maximum atomic E-state index is 11.2. The molecule has 6 nitrogen and oxygen atoms in total. The number of nitrogens with zero attached hydrogens (tertiary/aromatic N) is 2. The number of hydrogen-bond acceptors (Lipinski definition) is 4. The Morgan fingerprint density at radius 3 is 2.93 bits per heavy atom. The maximum Gasteiger partial charge on any atom is 0.325 e. The van der Waals surface area contributed by atoms with Crippen LogP contribution in [0.2, 0.25) is 0 Å². The normalized spacial score (nSPS) is 16.2. The molecule has 74 valence electrons. The number of urea groups is 1. The van der Waals surface area contributed by atoms with E-state index in [2.05, 4.69) is 10.3 Å². The molecule has 1 aromatic rings. The third-order valence-corrected chi connectivity index (χ3v) is 1.90. The van der Waals surface area contributed by atoms with Gasteiger partial charge < -0.3 is 9.73 Å². The maximum absolute atomic E-state index is 11.2. The third-order valence-electron chi connectivity index (χ3n) is 1.90. The molecule has 0 bridgehead atoms. The predicted molar refractivity (Wildman–Crippen MR) is 45.2 cm³/mol. The van der Waals surface area contributed by atoms with E-state index in [0.29, 0.717) is 11.7 Å². The first-order valence-corrected chi connectivity index (χ1v) is 4.16. The highest BCUT2D eigenvalue weighted by Gasteiger charge is 2.29. The van der Waals surface area contributed by atoms with Gasteiger partial charge in [0.1, 0.15) is 12.3 Å². The molecule has 0 aliphatic carbocycles. The summed E-state index contributed by atoms with van der Waals surface area (Å²) in [4.78, 5) is 27.3. The minimum atomic E-state index is -0.397. The van der Waals surface area contributed by atoms with E-state index in [0.717, 1.165) is 4.90 Å². The van der Waals surface area contributed by atoms with Crippen molar-refractivity contribution in [2.24, 2.45) is 0 Å². The zero-order chi connectivity index (χ0) is 10.1. The molecule has 0 radical (unpaired) electrons. The summed E-state index contributed by atoms with van der Waals surface area (Å²) in [5, 5.41) is 2.41. The van der Waals surface area contributed by atoms with Crippen molar-refractivity contribution in [2.75, 3.05) is 6.54 Å². The molecule has 2 rings (SSSR count). The lowest BCUT2D eigenvalue weighted by Crippen LogP contribution is -2.30.